The van der Waals surface area contributed by atoms with E-state index in [0.717, 1.165) is 0 Å². The summed E-state index contributed by atoms with van der Waals surface area (Å²) in [5.41, 5.74) is 5.09. The van der Waals surface area contributed by atoms with Crippen LogP contribution in [0, 0.1) is 0 Å². The van der Waals surface area contributed by atoms with Gasteiger partial charge in [-0.25, -0.2) is 0 Å². The van der Waals surface area contributed by atoms with Crippen LogP contribution < -0.4 is 5.73 Å². The van der Waals surface area contributed by atoms with E-state index in [2.05, 4.69) is 0 Å². The van der Waals surface area contributed by atoms with Gasteiger partial charge in [0.05, 0.1) is 0 Å². The molecule has 0 aromatic heterocycles. The van der Waals surface area contributed by atoms with Crippen molar-refractivity contribution in [3.8, 4) is 0 Å². The number of carbonyl (C=O) groups is 2. The number of hydrogen-bond acceptors (Lipinski definition) is 4. The minimum absolute atomic E-state index is 0.112. The van der Waals surface area contributed by atoms with Gasteiger partial charge in [0.1, 0.15) is 11.6 Å². The van der Waals surface area contributed by atoms with E-state index < -0.39 is 23.6 Å². The maximum atomic E-state index is 11.4. The maximum Gasteiger partial charge on any atom is 0.323 e. The van der Waals surface area contributed by atoms with Crippen molar-refractivity contribution in [1.82, 2.24) is 0 Å². The fourth-order valence-corrected chi connectivity index (χ4v) is 1.14. The van der Waals surface area contributed by atoms with Gasteiger partial charge in [-0.2, -0.15) is 0 Å². The Bertz CT molecular complexity index is 245. The molecule has 94 valence electrons. The first kappa shape index (κ1) is 14.9. The third-order valence-corrected chi connectivity index (χ3v) is 1.87. The number of nitrogens with two attached hydrogens (primary N) is 1. The molecule has 5 nitrogen and oxygen atoms in total. The predicted octanol–water partition coefficient (Wildman–Crippen LogP) is 1.30. The number of carbonyl (C=O) groups excluding carboxylic acids is 1. The topological polar surface area (TPSA) is 89.6 Å². The Balaban J connectivity index is 3.76. The van der Waals surface area contributed by atoms with Crippen molar-refractivity contribution < 1.29 is 19.4 Å². The molecule has 5 heteroatoms. The number of ether oxygens (including phenoxy) is 1. The van der Waals surface area contributed by atoms with Crippen molar-refractivity contribution in [3.63, 3.8) is 0 Å². The second-order valence-electron chi connectivity index (χ2n) is 4.78. The van der Waals surface area contributed by atoms with Gasteiger partial charge >= 0.3 is 11.9 Å². The zero-order valence-electron chi connectivity index (χ0n) is 10.2. The largest absolute Gasteiger partial charge is 0.481 e. The summed E-state index contributed by atoms with van der Waals surface area (Å²) in [4.78, 5) is 21.7. The second kappa shape index (κ2) is 6.48. The normalized spacial score (nSPS) is 13.2. The lowest BCUT2D eigenvalue weighted by molar-refractivity contribution is -0.156. The number of rotatable bonds is 6. The molecular weight excluding hydrogens is 210 g/mol. The van der Waals surface area contributed by atoms with E-state index in [1.807, 2.05) is 0 Å². The molecule has 0 spiro atoms. The monoisotopic (exact) mass is 231 g/mol. The first-order valence-electron chi connectivity index (χ1n) is 5.42. The summed E-state index contributed by atoms with van der Waals surface area (Å²) in [6, 6.07) is -0.659. The van der Waals surface area contributed by atoms with Gasteiger partial charge in [0.25, 0.3) is 0 Å². The Morgan fingerprint density at radius 2 is 1.88 bits per heavy atom. The fourth-order valence-electron chi connectivity index (χ4n) is 1.14. The van der Waals surface area contributed by atoms with E-state index in [-0.39, 0.29) is 6.42 Å². The summed E-state index contributed by atoms with van der Waals surface area (Å²) in [6.45, 7) is 5.34. The van der Waals surface area contributed by atoms with E-state index >= 15 is 0 Å². The first-order chi connectivity index (χ1) is 7.22. The van der Waals surface area contributed by atoms with Gasteiger partial charge in [0.15, 0.2) is 0 Å². The van der Waals surface area contributed by atoms with E-state index in [4.69, 9.17) is 15.6 Å². The van der Waals surface area contributed by atoms with Gasteiger partial charge in [-0.15, -0.1) is 0 Å². The molecule has 0 saturated carbocycles. The molecule has 0 aliphatic heterocycles. The van der Waals surface area contributed by atoms with Gasteiger partial charge in [-0.1, -0.05) is 6.42 Å². The number of carboxylic acid groups (broad SMARTS) is 1. The van der Waals surface area contributed by atoms with E-state index in [1.165, 1.54) is 0 Å². The van der Waals surface area contributed by atoms with E-state index in [0.29, 0.717) is 19.3 Å². The zero-order chi connectivity index (χ0) is 12.8. The van der Waals surface area contributed by atoms with Crippen molar-refractivity contribution in [2.24, 2.45) is 5.73 Å². The molecule has 16 heavy (non-hydrogen) atoms. The summed E-state index contributed by atoms with van der Waals surface area (Å²) in [7, 11) is 0. The predicted molar refractivity (Wildman–Crippen MR) is 59.9 cm³/mol. The quantitative estimate of drug-likeness (QED) is 0.531. The number of esters is 1. The molecule has 0 rings (SSSR count). The van der Waals surface area contributed by atoms with Crippen LogP contribution in [0.1, 0.15) is 46.5 Å². The Morgan fingerprint density at radius 3 is 2.31 bits per heavy atom. The molecular formula is C11H21NO4. The second-order valence-corrected chi connectivity index (χ2v) is 4.78. The highest BCUT2D eigenvalue weighted by molar-refractivity contribution is 5.75. The molecule has 0 saturated heterocycles. The molecule has 1 atom stereocenters. The van der Waals surface area contributed by atoms with Crippen LogP contribution in [0.2, 0.25) is 0 Å². The molecule has 0 aliphatic rings. The number of unbranched alkanes of at least 4 members (excludes halogenated alkanes) is 1. The van der Waals surface area contributed by atoms with Crippen LogP contribution in [0.4, 0.5) is 0 Å². The number of hydrogen-bond donors (Lipinski definition) is 2. The lowest BCUT2D eigenvalue weighted by Gasteiger charge is -2.22. The first-order valence-corrected chi connectivity index (χ1v) is 5.42. The lowest BCUT2D eigenvalue weighted by atomic mass is 10.1. The summed E-state index contributed by atoms with van der Waals surface area (Å²) >= 11 is 0. The Labute approximate surface area is 96.0 Å². The molecule has 0 bridgehead atoms. The lowest BCUT2D eigenvalue weighted by Crippen LogP contribution is -2.37. The fraction of sp³-hybridized carbons (Fsp3) is 0.818. The van der Waals surface area contributed by atoms with Crippen LogP contribution in [-0.4, -0.2) is 28.7 Å². The highest BCUT2D eigenvalue weighted by Gasteiger charge is 2.21. The highest BCUT2D eigenvalue weighted by Crippen LogP contribution is 2.10. The molecule has 1 unspecified atom stereocenters. The molecule has 0 aliphatic carbocycles. The maximum absolute atomic E-state index is 11.4. The van der Waals surface area contributed by atoms with E-state index in [9.17, 15) is 9.59 Å². The van der Waals surface area contributed by atoms with Crippen molar-refractivity contribution >= 4 is 11.9 Å². The Hall–Kier alpha value is -1.10. The molecule has 0 aromatic carbocycles. The van der Waals surface area contributed by atoms with Crippen LogP contribution in [0.3, 0.4) is 0 Å². The molecule has 0 radical (unpaired) electrons. The van der Waals surface area contributed by atoms with Crippen LogP contribution >= 0.6 is 0 Å². The average Bonchev–Trinajstić information content (AvgIpc) is 2.08. The molecule has 3 N–H and O–H groups in total. The molecule has 0 fully saturated rings. The molecule has 0 aromatic rings. The van der Waals surface area contributed by atoms with Gasteiger partial charge in [0, 0.05) is 6.42 Å². The van der Waals surface area contributed by atoms with Crippen LogP contribution in [0.15, 0.2) is 0 Å². The summed E-state index contributed by atoms with van der Waals surface area (Å²) in [6.07, 6.45) is 1.72. The summed E-state index contributed by atoms with van der Waals surface area (Å²) < 4.78 is 5.10. The Kier molecular flexibility index (Phi) is 6.03. The van der Waals surface area contributed by atoms with Crippen molar-refractivity contribution in [3.05, 3.63) is 0 Å². The molecule has 0 heterocycles. The third kappa shape index (κ3) is 8.23. The van der Waals surface area contributed by atoms with Gasteiger partial charge in [0.2, 0.25) is 0 Å². The number of aliphatic carboxylic acids is 1. The smallest absolute Gasteiger partial charge is 0.323 e. The molecule has 0 amide bonds. The van der Waals surface area contributed by atoms with Crippen molar-refractivity contribution in [2.75, 3.05) is 0 Å². The van der Waals surface area contributed by atoms with Crippen molar-refractivity contribution in [2.45, 2.75) is 58.1 Å². The van der Waals surface area contributed by atoms with Gasteiger partial charge < -0.3 is 15.6 Å². The summed E-state index contributed by atoms with van der Waals surface area (Å²) in [5.74, 6) is -1.26. The van der Waals surface area contributed by atoms with Crippen molar-refractivity contribution in [1.29, 1.82) is 0 Å². The SMILES string of the molecule is CC(C)(C)OC(=O)C(N)CCCCC(=O)O. The minimum Gasteiger partial charge on any atom is -0.481 e. The van der Waals surface area contributed by atoms with Gasteiger partial charge in [-0.3, -0.25) is 9.59 Å². The average molecular weight is 231 g/mol. The van der Waals surface area contributed by atoms with Gasteiger partial charge in [-0.05, 0) is 33.6 Å². The van der Waals surface area contributed by atoms with Crippen LogP contribution in [0.25, 0.3) is 0 Å². The Morgan fingerprint density at radius 1 is 1.31 bits per heavy atom. The summed E-state index contributed by atoms with van der Waals surface area (Å²) in [5, 5.41) is 8.42. The van der Waals surface area contributed by atoms with Crippen LogP contribution in [0.5, 0.6) is 0 Å². The standard InChI is InChI=1S/C11H21NO4/c1-11(2,3)16-10(15)8(12)6-4-5-7-9(13)14/h8H,4-7,12H2,1-3H3,(H,13,14). The van der Waals surface area contributed by atoms with Crippen LogP contribution in [-0.2, 0) is 14.3 Å². The zero-order valence-corrected chi connectivity index (χ0v) is 10.2. The van der Waals surface area contributed by atoms with E-state index in [1.54, 1.807) is 20.8 Å². The third-order valence-electron chi connectivity index (χ3n) is 1.87. The minimum atomic E-state index is -0.828. The number of carboxylic acids is 1. The highest BCUT2D eigenvalue weighted by atomic mass is 16.6.